The molecule has 2 N–H and O–H groups in total. The third-order valence-electron chi connectivity index (χ3n) is 3.73. The number of aromatic nitrogens is 1. The normalized spacial score (nSPS) is 10.3. The molecule has 2 aromatic rings. The lowest BCUT2D eigenvalue weighted by Gasteiger charge is -2.10. The van der Waals surface area contributed by atoms with Crippen molar-refractivity contribution in [3.8, 4) is 5.75 Å². The van der Waals surface area contributed by atoms with E-state index < -0.39 is 0 Å². The van der Waals surface area contributed by atoms with Crippen LogP contribution < -0.4 is 15.4 Å². The van der Waals surface area contributed by atoms with Crippen molar-refractivity contribution >= 4 is 11.7 Å². The zero-order valence-electron chi connectivity index (χ0n) is 14.7. The molecule has 0 bridgehead atoms. The van der Waals surface area contributed by atoms with Gasteiger partial charge in [0.1, 0.15) is 11.6 Å². The van der Waals surface area contributed by atoms with E-state index in [4.69, 9.17) is 9.47 Å². The summed E-state index contributed by atoms with van der Waals surface area (Å²) in [5.41, 5.74) is 1.72. The minimum absolute atomic E-state index is 0.105. The second-order valence-corrected chi connectivity index (χ2v) is 5.52. The van der Waals surface area contributed by atoms with Crippen molar-refractivity contribution in [2.45, 2.75) is 12.8 Å². The Labute approximate surface area is 148 Å². The predicted molar refractivity (Wildman–Crippen MR) is 98.3 cm³/mol. The lowest BCUT2D eigenvalue weighted by atomic mass is 10.1. The van der Waals surface area contributed by atoms with Gasteiger partial charge < -0.3 is 20.1 Å². The molecule has 0 aliphatic heterocycles. The number of amides is 1. The van der Waals surface area contributed by atoms with E-state index >= 15 is 0 Å². The number of nitrogens with zero attached hydrogens (tertiary/aromatic N) is 1. The minimum atomic E-state index is -0.105. The summed E-state index contributed by atoms with van der Waals surface area (Å²) in [4.78, 5) is 16.4. The first-order chi connectivity index (χ1) is 12.2. The van der Waals surface area contributed by atoms with Gasteiger partial charge in [-0.1, -0.05) is 18.2 Å². The van der Waals surface area contributed by atoms with Gasteiger partial charge in [0.2, 0.25) is 0 Å². The van der Waals surface area contributed by atoms with Gasteiger partial charge in [-0.05, 0) is 36.6 Å². The number of rotatable bonds is 10. The molecule has 0 unspecified atom stereocenters. The van der Waals surface area contributed by atoms with E-state index in [1.165, 1.54) is 0 Å². The number of carbonyl (C=O) groups excluding carboxylic acids is 1. The van der Waals surface area contributed by atoms with Crippen LogP contribution in [-0.2, 0) is 11.2 Å². The fraction of sp³-hybridized carbons (Fsp3) is 0.368. The molecular formula is C19H25N3O3. The van der Waals surface area contributed by atoms with Gasteiger partial charge in [-0.15, -0.1) is 0 Å². The summed E-state index contributed by atoms with van der Waals surface area (Å²) in [5.74, 6) is 1.45. The van der Waals surface area contributed by atoms with Gasteiger partial charge in [0.15, 0.2) is 0 Å². The average molecular weight is 343 g/mol. The van der Waals surface area contributed by atoms with Crippen LogP contribution in [0.2, 0.25) is 0 Å². The van der Waals surface area contributed by atoms with Gasteiger partial charge in [0.25, 0.3) is 5.91 Å². The van der Waals surface area contributed by atoms with Crippen molar-refractivity contribution in [3.63, 3.8) is 0 Å². The van der Waals surface area contributed by atoms with Crippen molar-refractivity contribution in [2.75, 3.05) is 39.2 Å². The van der Waals surface area contributed by atoms with Gasteiger partial charge in [-0.25, -0.2) is 4.98 Å². The van der Waals surface area contributed by atoms with Crippen LogP contribution in [0.3, 0.4) is 0 Å². The number of benzene rings is 1. The second-order valence-electron chi connectivity index (χ2n) is 5.52. The van der Waals surface area contributed by atoms with Gasteiger partial charge in [0, 0.05) is 38.6 Å². The molecule has 0 fully saturated rings. The SMILES string of the molecule is COCCCNC(=O)c1ccnc(NCCc2ccccc2OC)c1. The topological polar surface area (TPSA) is 72.5 Å². The molecule has 0 saturated heterocycles. The molecule has 25 heavy (non-hydrogen) atoms. The van der Waals surface area contributed by atoms with Gasteiger partial charge in [-0.3, -0.25) is 4.79 Å². The fourth-order valence-corrected chi connectivity index (χ4v) is 2.42. The summed E-state index contributed by atoms with van der Waals surface area (Å²) >= 11 is 0. The molecule has 1 amide bonds. The van der Waals surface area contributed by atoms with E-state index in [1.807, 2.05) is 24.3 Å². The average Bonchev–Trinajstić information content (AvgIpc) is 2.65. The molecule has 0 spiro atoms. The highest BCUT2D eigenvalue weighted by Crippen LogP contribution is 2.17. The summed E-state index contributed by atoms with van der Waals surface area (Å²) < 4.78 is 10.3. The smallest absolute Gasteiger partial charge is 0.251 e. The van der Waals surface area contributed by atoms with Crippen LogP contribution in [0.5, 0.6) is 5.75 Å². The van der Waals surface area contributed by atoms with Crippen molar-refractivity contribution < 1.29 is 14.3 Å². The highest BCUT2D eigenvalue weighted by molar-refractivity contribution is 5.94. The largest absolute Gasteiger partial charge is 0.496 e. The first-order valence-corrected chi connectivity index (χ1v) is 8.33. The quantitative estimate of drug-likeness (QED) is 0.649. The van der Waals surface area contributed by atoms with Crippen molar-refractivity contribution in [2.24, 2.45) is 0 Å². The number of hydrogen-bond acceptors (Lipinski definition) is 5. The first-order valence-electron chi connectivity index (χ1n) is 8.33. The van der Waals surface area contributed by atoms with Crippen LogP contribution in [0.4, 0.5) is 5.82 Å². The number of para-hydroxylation sites is 1. The molecule has 2 rings (SSSR count). The van der Waals surface area contributed by atoms with Crippen LogP contribution in [0.1, 0.15) is 22.3 Å². The zero-order valence-corrected chi connectivity index (χ0v) is 14.7. The Morgan fingerprint density at radius 2 is 2.00 bits per heavy atom. The molecule has 6 heteroatoms. The molecule has 0 atom stereocenters. The van der Waals surface area contributed by atoms with Gasteiger partial charge in [-0.2, -0.15) is 0 Å². The van der Waals surface area contributed by atoms with Gasteiger partial charge in [0.05, 0.1) is 7.11 Å². The Morgan fingerprint density at radius 3 is 2.80 bits per heavy atom. The number of nitrogens with one attached hydrogen (secondary N) is 2. The maximum absolute atomic E-state index is 12.1. The molecular weight excluding hydrogens is 318 g/mol. The summed E-state index contributed by atoms with van der Waals surface area (Å²) in [7, 11) is 3.32. The van der Waals surface area contributed by atoms with E-state index in [0.29, 0.717) is 31.1 Å². The molecule has 1 aromatic carbocycles. The number of hydrogen-bond donors (Lipinski definition) is 2. The third-order valence-corrected chi connectivity index (χ3v) is 3.73. The molecule has 134 valence electrons. The summed E-state index contributed by atoms with van der Waals surface area (Å²) in [5, 5.41) is 6.12. The Kier molecular flexibility index (Phi) is 7.72. The predicted octanol–water partition coefficient (Wildman–Crippen LogP) is 2.51. The van der Waals surface area contributed by atoms with Crippen molar-refractivity contribution in [3.05, 3.63) is 53.7 Å². The van der Waals surface area contributed by atoms with E-state index in [0.717, 1.165) is 24.2 Å². The molecule has 1 heterocycles. The number of pyridine rings is 1. The Balaban J connectivity index is 1.85. The van der Waals surface area contributed by atoms with E-state index in [9.17, 15) is 4.79 Å². The van der Waals surface area contributed by atoms with Crippen LogP contribution in [0.15, 0.2) is 42.6 Å². The maximum atomic E-state index is 12.1. The van der Waals surface area contributed by atoms with Crippen LogP contribution in [0, 0.1) is 0 Å². The summed E-state index contributed by atoms with van der Waals surface area (Å²) in [6, 6.07) is 11.4. The minimum Gasteiger partial charge on any atom is -0.496 e. The third kappa shape index (κ3) is 6.08. The van der Waals surface area contributed by atoms with Crippen LogP contribution in [0.25, 0.3) is 0 Å². The zero-order chi connectivity index (χ0) is 17.9. The van der Waals surface area contributed by atoms with Crippen molar-refractivity contribution in [1.82, 2.24) is 10.3 Å². The second kappa shape index (κ2) is 10.3. The van der Waals surface area contributed by atoms with E-state index in [-0.39, 0.29) is 5.91 Å². The van der Waals surface area contributed by atoms with Gasteiger partial charge >= 0.3 is 0 Å². The maximum Gasteiger partial charge on any atom is 0.251 e. The lowest BCUT2D eigenvalue weighted by molar-refractivity contribution is 0.0948. The number of anilines is 1. The summed E-state index contributed by atoms with van der Waals surface area (Å²) in [6.07, 6.45) is 3.23. The van der Waals surface area contributed by atoms with E-state index in [1.54, 1.807) is 32.5 Å². The highest BCUT2D eigenvalue weighted by atomic mass is 16.5. The number of carbonyl (C=O) groups is 1. The number of methoxy groups -OCH3 is 2. The Morgan fingerprint density at radius 1 is 1.16 bits per heavy atom. The molecule has 0 radical (unpaired) electrons. The standard InChI is InChI=1S/C19H25N3O3/c1-24-13-5-10-22-19(23)16-9-12-21-18(14-16)20-11-8-15-6-3-4-7-17(15)25-2/h3-4,6-7,9,12,14H,5,8,10-11,13H2,1-2H3,(H,20,21)(H,22,23). The molecule has 1 aromatic heterocycles. The molecule has 0 saturated carbocycles. The molecule has 6 nitrogen and oxygen atoms in total. The van der Waals surface area contributed by atoms with E-state index in [2.05, 4.69) is 15.6 Å². The fourth-order valence-electron chi connectivity index (χ4n) is 2.42. The number of ether oxygens (including phenoxy) is 2. The highest BCUT2D eigenvalue weighted by Gasteiger charge is 2.07. The van der Waals surface area contributed by atoms with Crippen LogP contribution >= 0.6 is 0 Å². The monoisotopic (exact) mass is 343 g/mol. The van der Waals surface area contributed by atoms with Crippen LogP contribution in [-0.4, -0.2) is 44.8 Å². The Bertz CT molecular complexity index is 676. The van der Waals surface area contributed by atoms with Crippen molar-refractivity contribution in [1.29, 1.82) is 0 Å². The molecule has 0 aliphatic carbocycles. The molecule has 0 aliphatic rings. The summed E-state index contributed by atoms with van der Waals surface area (Å²) in [6.45, 7) is 1.92. The first kappa shape index (κ1) is 18.7. The Hall–Kier alpha value is -2.60. The lowest BCUT2D eigenvalue weighted by Crippen LogP contribution is -2.25.